The molecule has 0 aromatic carbocycles. The van der Waals surface area contributed by atoms with Crippen LogP contribution >= 0.6 is 0 Å². The largest absolute Gasteiger partial charge is 0.396 e. The molecule has 1 aliphatic heterocycles. The normalized spacial score (nSPS) is 27.3. The first-order chi connectivity index (χ1) is 6.19. The molecule has 1 fully saturated rings. The van der Waals surface area contributed by atoms with E-state index >= 15 is 0 Å². The Morgan fingerprint density at radius 1 is 1.69 bits per heavy atom. The maximum atomic E-state index is 11.3. The van der Waals surface area contributed by atoms with E-state index < -0.39 is 0 Å². The molecule has 4 heteroatoms. The summed E-state index contributed by atoms with van der Waals surface area (Å²) < 4.78 is 0. The van der Waals surface area contributed by atoms with Crippen LogP contribution in [0.4, 0.5) is 0 Å². The maximum Gasteiger partial charge on any atom is 0.236 e. The van der Waals surface area contributed by atoms with Crippen molar-refractivity contribution in [2.24, 2.45) is 11.8 Å². The summed E-state index contributed by atoms with van der Waals surface area (Å²) in [6, 6.07) is 1.84. The fourth-order valence-corrected chi connectivity index (χ4v) is 1.66. The van der Waals surface area contributed by atoms with Crippen LogP contribution in [-0.2, 0) is 4.79 Å². The first kappa shape index (κ1) is 10.0. The van der Waals surface area contributed by atoms with Gasteiger partial charge in [0.2, 0.25) is 5.91 Å². The molecule has 1 aliphatic rings. The van der Waals surface area contributed by atoms with E-state index in [2.05, 4.69) is 0 Å². The number of carbonyl (C=O) groups excluding carboxylic acids is 1. The summed E-state index contributed by atoms with van der Waals surface area (Å²) in [5.41, 5.74) is 0. The minimum atomic E-state index is -0.120. The van der Waals surface area contributed by atoms with Crippen molar-refractivity contribution in [3.63, 3.8) is 0 Å². The second kappa shape index (κ2) is 4.24. The molecule has 0 aromatic heterocycles. The van der Waals surface area contributed by atoms with E-state index in [1.165, 1.54) is 0 Å². The molecule has 13 heavy (non-hydrogen) atoms. The highest BCUT2D eigenvalue weighted by Crippen LogP contribution is 2.22. The maximum absolute atomic E-state index is 11.3. The molecular formula is C9H14N2O2. The number of nitrogens with zero attached hydrogens (tertiary/aromatic N) is 2. The topological polar surface area (TPSA) is 64.3 Å². The van der Waals surface area contributed by atoms with Crippen molar-refractivity contribution in [2.75, 3.05) is 19.7 Å². The van der Waals surface area contributed by atoms with Crippen molar-refractivity contribution in [1.82, 2.24) is 4.90 Å². The minimum absolute atomic E-state index is 0.0507. The van der Waals surface area contributed by atoms with Crippen LogP contribution < -0.4 is 0 Å². The van der Waals surface area contributed by atoms with Gasteiger partial charge in [-0.25, -0.2) is 0 Å². The van der Waals surface area contributed by atoms with Crippen molar-refractivity contribution in [3.05, 3.63) is 0 Å². The Morgan fingerprint density at radius 3 is 2.85 bits per heavy atom. The predicted octanol–water partition coefficient (Wildman–Crippen LogP) is -0.0131. The fourth-order valence-electron chi connectivity index (χ4n) is 1.66. The van der Waals surface area contributed by atoms with Gasteiger partial charge in [0.15, 0.2) is 0 Å². The molecule has 1 N–H and O–H groups in total. The summed E-state index contributed by atoms with van der Waals surface area (Å²) in [6.45, 7) is 3.40. The quantitative estimate of drug-likeness (QED) is 0.653. The first-order valence-corrected chi connectivity index (χ1v) is 4.44. The van der Waals surface area contributed by atoms with E-state index in [0.717, 1.165) is 0 Å². The average Bonchev–Trinajstić information content (AvgIpc) is 2.47. The number of hydrogen-bond donors (Lipinski definition) is 1. The lowest BCUT2D eigenvalue weighted by molar-refractivity contribution is -0.129. The van der Waals surface area contributed by atoms with Gasteiger partial charge in [-0.15, -0.1) is 0 Å². The predicted molar refractivity (Wildman–Crippen MR) is 46.5 cm³/mol. The smallest absolute Gasteiger partial charge is 0.236 e. The zero-order chi connectivity index (χ0) is 9.84. The van der Waals surface area contributed by atoms with Gasteiger partial charge in [-0.2, -0.15) is 5.26 Å². The zero-order valence-corrected chi connectivity index (χ0v) is 7.73. The van der Waals surface area contributed by atoms with Gasteiger partial charge in [0.05, 0.1) is 6.07 Å². The van der Waals surface area contributed by atoms with Gasteiger partial charge < -0.3 is 10.0 Å². The molecule has 4 nitrogen and oxygen atoms in total. The Bertz CT molecular complexity index is 234. The number of amides is 1. The molecule has 1 amide bonds. The Morgan fingerprint density at radius 2 is 2.38 bits per heavy atom. The number of rotatable bonds is 2. The lowest BCUT2D eigenvalue weighted by Crippen LogP contribution is -2.28. The molecule has 2 atom stereocenters. The number of carbonyl (C=O) groups is 1. The summed E-state index contributed by atoms with van der Waals surface area (Å²) in [7, 11) is 0. The van der Waals surface area contributed by atoms with Gasteiger partial charge in [0.25, 0.3) is 0 Å². The summed E-state index contributed by atoms with van der Waals surface area (Å²) in [4.78, 5) is 12.9. The van der Waals surface area contributed by atoms with Gasteiger partial charge in [-0.05, 0) is 5.92 Å². The van der Waals surface area contributed by atoms with Crippen LogP contribution in [0, 0.1) is 23.2 Å². The van der Waals surface area contributed by atoms with E-state index in [4.69, 9.17) is 10.4 Å². The van der Waals surface area contributed by atoms with Crippen LogP contribution in [0.2, 0.25) is 0 Å². The van der Waals surface area contributed by atoms with Gasteiger partial charge in [-0.3, -0.25) is 4.79 Å². The van der Waals surface area contributed by atoms with Crippen molar-refractivity contribution >= 4 is 5.91 Å². The third-order valence-corrected chi connectivity index (χ3v) is 2.59. The molecule has 0 spiro atoms. The molecule has 72 valence electrons. The van der Waals surface area contributed by atoms with Crippen LogP contribution in [0.1, 0.15) is 13.3 Å². The summed E-state index contributed by atoms with van der Waals surface area (Å²) in [5.74, 6) is 0.403. The third-order valence-electron chi connectivity index (χ3n) is 2.59. The molecule has 0 aliphatic carbocycles. The molecule has 2 unspecified atom stereocenters. The standard InChI is InChI=1S/C9H14N2O2/c1-7-4-11(5-8(7)6-12)9(13)2-3-10/h7-8,12H,2,4-6H2,1H3. The Balaban J connectivity index is 2.49. The number of likely N-dealkylation sites (tertiary alicyclic amines) is 1. The minimum Gasteiger partial charge on any atom is -0.396 e. The molecule has 1 rings (SSSR count). The number of aliphatic hydroxyl groups is 1. The van der Waals surface area contributed by atoms with E-state index in [9.17, 15) is 4.79 Å². The molecule has 1 heterocycles. The van der Waals surface area contributed by atoms with Crippen molar-refractivity contribution in [3.8, 4) is 6.07 Å². The monoisotopic (exact) mass is 182 g/mol. The highest BCUT2D eigenvalue weighted by atomic mass is 16.3. The van der Waals surface area contributed by atoms with Crippen molar-refractivity contribution in [2.45, 2.75) is 13.3 Å². The van der Waals surface area contributed by atoms with E-state index in [-0.39, 0.29) is 24.9 Å². The van der Waals surface area contributed by atoms with Gasteiger partial charge in [0.1, 0.15) is 6.42 Å². The van der Waals surface area contributed by atoms with Crippen LogP contribution in [0.3, 0.4) is 0 Å². The second-order valence-corrected chi connectivity index (χ2v) is 3.55. The van der Waals surface area contributed by atoms with Crippen LogP contribution in [-0.4, -0.2) is 35.6 Å². The number of aliphatic hydroxyl groups excluding tert-OH is 1. The van der Waals surface area contributed by atoms with Crippen LogP contribution in [0.15, 0.2) is 0 Å². The lowest BCUT2D eigenvalue weighted by atomic mass is 10.00. The molecule has 0 bridgehead atoms. The van der Waals surface area contributed by atoms with E-state index in [0.29, 0.717) is 19.0 Å². The molecule has 0 saturated carbocycles. The SMILES string of the molecule is CC1CN(C(=O)CC#N)CC1CO. The molecule has 0 radical (unpaired) electrons. The highest BCUT2D eigenvalue weighted by molar-refractivity contribution is 5.78. The number of nitriles is 1. The van der Waals surface area contributed by atoms with Gasteiger partial charge in [0, 0.05) is 25.6 Å². The van der Waals surface area contributed by atoms with E-state index in [1.807, 2.05) is 13.0 Å². The highest BCUT2D eigenvalue weighted by Gasteiger charge is 2.31. The summed E-state index contributed by atoms with van der Waals surface area (Å²) in [5, 5.41) is 17.3. The lowest BCUT2D eigenvalue weighted by Gasteiger charge is -2.13. The Hall–Kier alpha value is -1.08. The Labute approximate surface area is 77.8 Å². The van der Waals surface area contributed by atoms with E-state index in [1.54, 1.807) is 4.90 Å². The number of hydrogen-bond acceptors (Lipinski definition) is 3. The fraction of sp³-hybridized carbons (Fsp3) is 0.778. The summed E-state index contributed by atoms with van der Waals surface area (Å²) in [6.07, 6.45) is -0.0507. The summed E-state index contributed by atoms with van der Waals surface area (Å²) >= 11 is 0. The van der Waals surface area contributed by atoms with Crippen molar-refractivity contribution < 1.29 is 9.90 Å². The molecule has 0 aromatic rings. The van der Waals surface area contributed by atoms with Gasteiger partial charge >= 0.3 is 0 Å². The first-order valence-electron chi connectivity index (χ1n) is 4.44. The molecule has 1 saturated heterocycles. The van der Waals surface area contributed by atoms with Gasteiger partial charge in [-0.1, -0.05) is 6.92 Å². The Kier molecular flexibility index (Phi) is 3.26. The zero-order valence-electron chi connectivity index (χ0n) is 7.73. The average molecular weight is 182 g/mol. The second-order valence-electron chi connectivity index (χ2n) is 3.55. The molecular weight excluding hydrogens is 168 g/mol. The van der Waals surface area contributed by atoms with Crippen LogP contribution in [0.5, 0.6) is 0 Å². The van der Waals surface area contributed by atoms with Crippen molar-refractivity contribution in [1.29, 1.82) is 5.26 Å². The van der Waals surface area contributed by atoms with Crippen LogP contribution in [0.25, 0.3) is 0 Å². The third kappa shape index (κ3) is 2.19.